The zero-order valence-corrected chi connectivity index (χ0v) is 18.6. The number of ether oxygens (including phenoxy) is 1. The van der Waals surface area contributed by atoms with Gasteiger partial charge in [0.2, 0.25) is 11.8 Å². The fourth-order valence-corrected chi connectivity index (χ4v) is 2.87. The van der Waals surface area contributed by atoms with Gasteiger partial charge in [0.25, 0.3) is 0 Å². The van der Waals surface area contributed by atoms with Crippen molar-refractivity contribution in [3.05, 3.63) is 57.0 Å². The van der Waals surface area contributed by atoms with Crippen molar-refractivity contribution in [3.8, 4) is 5.75 Å². The van der Waals surface area contributed by atoms with Gasteiger partial charge in [-0.1, -0.05) is 40.5 Å². The van der Waals surface area contributed by atoms with Crippen molar-refractivity contribution >= 4 is 51.2 Å². The Morgan fingerprint density at radius 3 is 2.66 bits per heavy atom. The lowest BCUT2D eigenvalue weighted by molar-refractivity contribution is -0.124. The molecule has 0 unspecified atom stereocenters. The van der Waals surface area contributed by atoms with Crippen LogP contribution < -0.4 is 15.5 Å². The maximum absolute atomic E-state index is 12.0. The first-order valence-corrected chi connectivity index (χ1v) is 10.4. The summed E-state index contributed by atoms with van der Waals surface area (Å²) in [5.74, 6) is 0.0554. The van der Waals surface area contributed by atoms with Crippen molar-refractivity contribution in [2.45, 2.75) is 33.1 Å². The van der Waals surface area contributed by atoms with Gasteiger partial charge in [-0.15, -0.1) is 0 Å². The first-order valence-electron chi connectivity index (χ1n) is 9.19. The lowest BCUT2D eigenvalue weighted by atomic mass is 10.2. The predicted molar refractivity (Wildman–Crippen MR) is 120 cm³/mol. The molecule has 0 spiro atoms. The van der Waals surface area contributed by atoms with E-state index in [9.17, 15) is 9.59 Å². The number of carbonyl (C=O) groups excluding carboxylic acids is 2. The molecule has 0 fully saturated rings. The average molecular weight is 481 g/mol. The maximum atomic E-state index is 12.0. The molecule has 0 aliphatic heterocycles. The topological polar surface area (TPSA) is 79.8 Å². The summed E-state index contributed by atoms with van der Waals surface area (Å²) in [4.78, 5) is 23.9. The largest absolute Gasteiger partial charge is 0.493 e. The van der Waals surface area contributed by atoms with Crippen molar-refractivity contribution < 1.29 is 14.3 Å². The molecule has 0 heterocycles. The molecular weight excluding hydrogens is 458 g/mol. The van der Waals surface area contributed by atoms with Crippen LogP contribution in [0, 0.1) is 6.92 Å². The SMILES string of the molecule is CCCOc1ccc(Br)cc1C=NNC(=O)CCC(=O)Nc1ccc(C)c(Cl)c1. The second-order valence-electron chi connectivity index (χ2n) is 6.34. The lowest BCUT2D eigenvalue weighted by Crippen LogP contribution is -2.20. The van der Waals surface area contributed by atoms with Crippen LogP contribution >= 0.6 is 27.5 Å². The first kappa shape index (κ1) is 22.9. The maximum Gasteiger partial charge on any atom is 0.240 e. The highest BCUT2D eigenvalue weighted by molar-refractivity contribution is 9.10. The predicted octanol–water partition coefficient (Wildman–Crippen LogP) is 5.07. The number of carbonyl (C=O) groups is 2. The van der Waals surface area contributed by atoms with Gasteiger partial charge in [-0.25, -0.2) is 5.43 Å². The van der Waals surface area contributed by atoms with Crippen molar-refractivity contribution in [3.63, 3.8) is 0 Å². The van der Waals surface area contributed by atoms with Gasteiger partial charge in [0.05, 0.1) is 12.8 Å². The van der Waals surface area contributed by atoms with Crippen molar-refractivity contribution in [1.82, 2.24) is 5.43 Å². The van der Waals surface area contributed by atoms with E-state index in [-0.39, 0.29) is 24.7 Å². The quantitative estimate of drug-likeness (QED) is 0.388. The van der Waals surface area contributed by atoms with E-state index >= 15 is 0 Å². The van der Waals surface area contributed by atoms with Gasteiger partial charge in [-0.05, 0) is 49.2 Å². The molecule has 0 aromatic heterocycles. The Bertz CT molecular complexity index is 903. The highest BCUT2D eigenvalue weighted by Crippen LogP contribution is 2.22. The van der Waals surface area contributed by atoms with Gasteiger partial charge in [0.15, 0.2) is 0 Å². The first-order chi connectivity index (χ1) is 13.9. The molecule has 0 saturated carbocycles. The van der Waals surface area contributed by atoms with E-state index in [0.717, 1.165) is 22.0 Å². The molecule has 154 valence electrons. The number of anilines is 1. The third-order valence-corrected chi connectivity index (χ3v) is 4.76. The number of rotatable bonds is 9. The van der Waals surface area contributed by atoms with Crippen LogP contribution in [0.4, 0.5) is 5.69 Å². The Morgan fingerprint density at radius 2 is 1.93 bits per heavy atom. The second-order valence-corrected chi connectivity index (χ2v) is 7.66. The van der Waals surface area contributed by atoms with Gasteiger partial charge >= 0.3 is 0 Å². The molecule has 0 saturated heterocycles. The van der Waals surface area contributed by atoms with Crippen LogP contribution in [0.25, 0.3) is 0 Å². The number of amides is 2. The van der Waals surface area contributed by atoms with Crippen LogP contribution in [0.1, 0.15) is 37.3 Å². The third kappa shape index (κ3) is 7.87. The molecule has 2 rings (SSSR count). The van der Waals surface area contributed by atoms with E-state index in [2.05, 4.69) is 31.8 Å². The summed E-state index contributed by atoms with van der Waals surface area (Å²) in [6.45, 7) is 4.50. The number of nitrogens with one attached hydrogen (secondary N) is 2. The minimum atomic E-state index is -0.357. The van der Waals surface area contributed by atoms with Crippen molar-refractivity contribution in [1.29, 1.82) is 0 Å². The zero-order valence-electron chi connectivity index (χ0n) is 16.3. The summed E-state index contributed by atoms with van der Waals surface area (Å²) < 4.78 is 6.54. The molecule has 2 aromatic rings. The molecular formula is C21H23BrClN3O3. The fourth-order valence-electron chi connectivity index (χ4n) is 2.31. The summed E-state index contributed by atoms with van der Waals surface area (Å²) in [6.07, 6.45) is 2.46. The second kappa shape index (κ2) is 11.6. The minimum absolute atomic E-state index is 0.0143. The average Bonchev–Trinajstić information content (AvgIpc) is 2.68. The zero-order chi connectivity index (χ0) is 21.2. The number of hydrazone groups is 1. The van der Waals surface area contributed by atoms with Crippen LogP contribution in [0.15, 0.2) is 46.0 Å². The highest BCUT2D eigenvalue weighted by atomic mass is 79.9. The van der Waals surface area contributed by atoms with Gasteiger partial charge in [-0.3, -0.25) is 9.59 Å². The van der Waals surface area contributed by atoms with Crippen LogP contribution in [-0.4, -0.2) is 24.6 Å². The smallest absolute Gasteiger partial charge is 0.240 e. The van der Waals surface area contributed by atoms with Crippen molar-refractivity contribution in [2.75, 3.05) is 11.9 Å². The Labute approximate surface area is 183 Å². The van der Waals surface area contributed by atoms with Gasteiger partial charge in [0, 0.05) is 33.6 Å². The minimum Gasteiger partial charge on any atom is -0.493 e. The van der Waals surface area contributed by atoms with Crippen LogP contribution in [0.5, 0.6) is 5.75 Å². The van der Waals surface area contributed by atoms with Gasteiger partial charge in [0.1, 0.15) is 5.75 Å². The van der Waals surface area contributed by atoms with E-state index < -0.39 is 0 Å². The van der Waals surface area contributed by atoms with E-state index in [0.29, 0.717) is 23.1 Å². The molecule has 2 aromatic carbocycles. The lowest BCUT2D eigenvalue weighted by Gasteiger charge is -2.08. The summed E-state index contributed by atoms with van der Waals surface area (Å²) >= 11 is 9.44. The molecule has 0 bridgehead atoms. The number of hydrogen-bond donors (Lipinski definition) is 2. The summed E-state index contributed by atoms with van der Waals surface area (Å²) in [7, 11) is 0. The Hall–Kier alpha value is -2.38. The Kier molecular flexibility index (Phi) is 9.15. The fraction of sp³-hybridized carbons (Fsp3) is 0.286. The standard InChI is InChI=1S/C21H23BrClN3O3/c1-3-10-29-19-7-5-16(22)11-15(19)13-24-26-21(28)9-8-20(27)25-17-6-4-14(2)18(23)12-17/h4-7,11-13H,3,8-10H2,1-2H3,(H,25,27)(H,26,28). The molecule has 0 aliphatic carbocycles. The van der Waals surface area contributed by atoms with Crippen LogP contribution in [0.2, 0.25) is 5.02 Å². The highest BCUT2D eigenvalue weighted by Gasteiger charge is 2.08. The van der Waals surface area contributed by atoms with Gasteiger partial charge < -0.3 is 10.1 Å². The van der Waals surface area contributed by atoms with Crippen molar-refractivity contribution in [2.24, 2.45) is 5.10 Å². The number of aryl methyl sites for hydroxylation is 1. The normalized spacial score (nSPS) is 10.8. The van der Waals surface area contributed by atoms with Crippen LogP contribution in [0.3, 0.4) is 0 Å². The molecule has 2 N–H and O–H groups in total. The van der Waals surface area contributed by atoms with E-state index in [4.69, 9.17) is 16.3 Å². The monoisotopic (exact) mass is 479 g/mol. The molecule has 0 radical (unpaired) electrons. The van der Waals surface area contributed by atoms with E-state index in [1.165, 1.54) is 6.21 Å². The Morgan fingerprint density at radius 1 is 1.17 bits per heavy atom. The molecule has 6 nitrogen and oxygen atoms in total. The molecule has 0 aliphatic rings. The molecule has 0 atom stereocenters. The molecule has 2 amide bonds. The van der Waals surface area contributed by atoms with E-state index in [1.54, 1.807) is 12.1 Å². The summed E-state index contributed by atoms with van der Waals surface area (Å²) in [6, 6.07) is 10.8. The third-order valence-electron chi connectivity index (χ3n) is 3.86. The number of nitrogens with zero attached hydrogens (tertiary/aromatic N) is 1. The molecule has 29 heavy (non-hydrogen) atoms. The number of benzene rings is 2. The van der Waals surface area contributed by atoms with Crippen LogP contribution in [-0.2, 0) is 9.59 Å². The van der Waals surface area contributed by atoms with Gasteiger partial charge in [-0.2, -0.15) is 5.10 Å². The summed E-state index contributed by atoms with van der Waals surface area (Å²) in [5.41, 5.74) is 4.69. The van der Waals surface area contributed by atoms with E-state index in [1.807, 2.05) is 38.1 Å². The number of halogens is 2. The number of hydrogen-bond acceptors (Lipinski definition) is 4. The summed E-state index contributed by atoms with van der Waals surface area (Å²) in [5, 5.41) is 7.25. The molecule has 8 heteroatoms. The Balaban J connectivity index is 1.82.